The number of ether oxygens (including phenoxy) is 3. The zero-order valence-corrected chi connectivity index (χ0v) is 39.4. The van der Waals surface area contributed by atoms with Gasteiger partial charge in [0.25, 0.3) is 0 Å². The Morgan fingerprint density at radius 3 is 2.46 bits per heavy atom. The number of carbonyl (C=O) groups excluding carboxylic acids is 4. The molecule has 4 heterocycles. The van der Waals surface area contributed by atoms with Crippen LogP contribution in [0.5, 0.6) is 11.6 Å². The van der Waals surface area contributed by atoms with Crippen molar-refractivity contribution in [1.82, 2.24) is 19.5 Å². The van der Waals surface area contributed by atoms with Gasteiger partial charge in [-0.2, -0.15) is 0 Å². The van der Waals surface area contributed by atoms with Crippen LogP contribution in [0.2, 0.25) is 0 Å². The Labute approximate surface area is 385 Å². The van der Waals surface area contributed by atoms with Gasteiger partial charge in [-0.1, -0.05) is 57.2 Å². The number of nitrogens with one attached hydrogen (secondary N) is 1. The van der Waals surface area contributed by atoms with E-state index in [0.717, 1.165) is 112 Å². The molecule has 2 saturated heterocycles. The summed E-state index contributed by atoms with van der Waals surface area (Å²) in [7, 11) is -3.96. The highest BCUT2D eigenvalue weighted by Gasteiger charge is 2.62. The van der Waals surface area contributed by atoms with E-state index in [0.29, 0.717) is 43.6 Å². The molecule has 1 aromatic carbocycles. The Hall–Kier alpha value is -4.04. The minimum atomic E-state index is -3.96. The summed E-state index contributed by atoms with van der Waals surface area (Å²) in [6.45, 7) is 11.7. The Kier molecular flexibility index (Phi) is 13.4. The zero-order chi connectivity index (χ0) is 45.5. The fourth-order valence-electron chi connectivity index (χ4n) is 11.5. The molecule has 4 saturated carbocycles. The number of benzene rings is 1. The number of allylic oxidation sites excluding steroid dienone is 1. The van der Waals surface area contributed by atoms with Crippen LogP contribution < -0.4 is 14.2 Å². The lowest BCUT2D eigenvalue weighted by atomic mass is 9.77. The highest BCUT2D eigenvalue weighted by molar-refractivity contribution is 7.91. The number of nitrogens with zero attached hydrogens (tertiary/aromatic N) is 3. The maximum Gasteiger partial charge on any atom is 0.306 e. The summed E-state index contributed by atoms with van der Waals surface area (Å²) in [5.41, 5.74) is 0.327. The van der Waals surface area contributed by atoms with Crippen molar-refractivity contribution < 1.29 is 41.8 Å². The molecule has 14 heteroatoms. The molecule has 2 aromatic rings. The number of ketones is 1. The van der Waals surface area contributed by atoms with Crippen LogP contribution in [0.4, 0.5) is 0 Å². The Balaban J connectivity index is 1.04. The average Bonchev–Trinajstić information content (AvgIpc) is 4.25. The van der Waals surface area contributed by atoms with Crippen molar-refractivity contribution in [1.29, 1.82) is 0 Å². The number of hydrogen-bond donors (Lipinski definition) is 1. The quantitative estimate of drug-likeness (QED) is 0.121. The Morgan fingerprint density at radius 2 is 1.74 bits per heavy atom. The number of hydrogen-bond acceptors (Lipinski definition) is 11. The normalized spacial score (nSPS) is 32.0. The van der Waals surface area contributed by atoms with E-state index in [1.54, 1.807) is 17.9 Å². The van der Waals surface area contributed by atoms with E-state index in [-0.39, 0.29) is 61.9 Å². The number of carbonyl (C=O) groups is 4. The SMILES string of the molecule is C=C[C@@H]1C[C@]1(CC(=O)[C@@H]1C[C@@H]2CN1C(=O)[C@H](C1CCCCC1)CC(=O)O[C@@H]1C[C@H]1CCCCCc1c(nc3ccccc3c1OCCCN1CCC(C)C1)O2)C(=O)NS(=O)(=O)C1(C)CC1. The molecule has 7 aliphatic rings. The molecule has 4 aliphatic carbocycles. The zero-order valence-electron chi connectivity index (χ0n) is 38.6. The van der Waals surface area contributed by atoms with Crippen molar-refractivity contribution in [2.75, 3.05) is 32.8 Å². The van der Waals surface area contributed by atoms with Crippen molar-refractivity contribution in [3.05, 3.63) is 42.5 Å². The lowest BCUT2D eigenvalue weighted by Gasteiger charge is -2.34. The predicted molar refractivity (Wildman–Crippen MR) is 247 cm³/mol. The molecule has 6 fully saturated rings. The first-order chi connectivity index (χ1) is 31.3. The van der Waals surface area contributed by atoms with E-state index in [1.807, 2.05) is 24.3 Å². The van der Waals surface area contributed by atoms with Crippen molar-refractivity contribution in [2.45, 2.75) is 159 Å². The van der Waals surface area contributed by atoms with Gasteiger partial charge in [0.1, 0.15) is 18.0 Å². The molecule has 2 bridgehead atoms. The van der Waals surface area contributed by atoms with Crippen LogP contribution in [0.1, 0.15) is 135 Å². The standard InChI is InChI=1S/C51H70N4O9S/c1-4-36-29-51(36,49(59)53-65(60,61)50(3)21-22-50)30-43(56)42-27-37-32-55(42)48(58)40(34-14-7-5-8-15-34)28-45(57)64-44-26-35(44)16-9-6-10-18-39-46(62-25-13-23-54-24-20-33(2)31-54)38-17-11-12-19-41(38)52-47(39)63-37/h4,11-12,17,19,33-37,40,42,44H,1,5-10,13-16,18,20-32H2,2-3H3,(H,53,59)/t33?,35-,36-,37-,40+,42+,44-,51-/m1/s1. The van der Waals surface area contributed by atoms with Gasteiger partial charge in [0.05, 0.1) is 52.8 Å². The van der Waals surface area contributed by atoms with Gasteiger partial charge in [-0.15, -0.1) is 6.58 Å². The molecular weight excluding hydrogens is 845 g/mol. The monoisotopic (exact) mass is 914 g/mol. The Morgan fingerprint density at radius 1 is 0.985 bits per heavy atom. The summed E-state index contributed by atoms with van der Waals surface area (Å²) in [6.07, 6.45) is 13.9. The molecule has 9 rings (SSSR count). The molecule has 8 atom stereocenters. The molecule has 0 spiro atoms. The second-order valence-electron chi connectivity index (χ2n) is 21.2. The van der Waals surface area contributed by atoms with E-state index in [9.17, 15) is 22.8 Å². The van der Waals surface area contributed by atoms with Gasteiger partial charge in [-0.3, -0.25) is 23.9 Å². The fourth-order valence-corrected chi connectivity index (χ4v) is 12.9. The number of aromatic nitrogens is 1. The van der Waals surface area contributed by atoms with Gasteiger partial charge in [-0.05, 0) is 120 Å². The summed E-state index contributed by atoms with van der Waals surface area (Å²) in [5.74, 6) is -0.533. The summed E-state index contributed by atoms with van der Waals surface area (Å²) in [5, 5.41) is 0.920. The smallest absolute Gasteiger partial charge is 0.306 e. The number of para-hydroxylation sites is 1. The van der Waals surface area contributed by atoms with Crippen molar-refractivity contribution in [2.24, 2.45) is 35.0 Å². The molecule has 1 N–H and O–H groups in total. The van der Waals surface area contributed by atoms with Gasteiger partial charge in [0.15, 0.2) is 5.78 Å². The van der Waals surface area contributed by atoms with E-state index >= 15 is 4.79 Å². The molecule has 1 aromatic heterocycles. The molecule has 2 amide bonds. The number of likely N-dealkylation sites (tertiary alicyclic amines) is 1. The first-order valence-corrected chi connectivity index (χ1v) is 26.4. The summed E-state index contributed by atoms with van der Waals surface area (Å²) in [6, 6.07) is 6.99. The average molecular weight is 915 g/mol. The van der Waals surface area contributed by atoms with Gasteiger partial charge in [-0.25, -0.2) is 13.4 Å². The van der Waals surface area contributed by atoms with Crippen LogP contribution in [0.15, 0.2) is 36.9 Å². The first kappa shape index (κ1) is 46.1. The summed E-state index contributed by atoms with van der Waals surface area (Å²) >= 11 is 0. The lowest BCUT2D eigenvalue weighted by Crippen LogP contribution is -2.48. The number of Topliss-reactive ketones (excluding diaryl/α,β-unsaturated/α-hetero) is 1. The number of amides is 2. The maximum absolute atomic E-state index is 15.2. The van der Waals surface area contributed by atoms with Crippen LogP contribution in [-0.4, -0.2) is 103 Å². The number of rotatable bonds is 13. The number of fused-ring (bicyclic) bond motifs is 5. The van der Waals surface area contributed by atoms with Gasteiger partial charge in [0, 0.05) is 31.3 Å². The molecule has 354 valence electrons. The largest absolute Gasteiger partial charge is 0.492 e. The fraction of sp³-hybridized carbons (Fsp3) is 0.706. The third kappa shape index (κ3) is 10.00. The van der Waals surface area contributed by atoms with Gasteiger partial charge < -0.3 is 24.0 Å². The molecule has 3 aliphatic heterocycles. The minimum absolute atomic E-state index is 0.0397. The molecular formula is C51H70N4O9S. The van der Waals surface area contributed by atoms with E-state index in [1.165, 1.54) is 6.42 Å². The second kappa shape index (κ2) is 18.9. The van der Waals surface area contributed by atoms with Crippen LogP contribution in [-0.2, 0) is 40.4 Å². The molecule has 0 radical (unpaired) electrons. The third-order valence-corrected chi connectivity index (χ3v) is 18.4. The van der Waals surface area contributed by atoms with Crippen LogP contribution >= 0.6 is 0 Å². The Bertz CT molecular complexity index is 2260. The number of esters is 1. The number of pyridine rings is 1. The topological polar surface area (TPSA) is 162 Å². The maximum atomic E-state index is 15.2. The first-order valence-electron chi connectivity index (χ1n) is 24.9. The van der Waals surface area contributed by atoms with E-state index < -0.39 is 50.1 Å². The van der Waals surface area contributed by atoms with E-state index in [4.69, 9.17) is 19.2 Å². The predicted octanol–water partition coefficient (Wildman–Crippen LogP) is 7.48. The van der Waals surface area contributed by atoms with Crippen LogP contribution in [0, 0.1) is 35.0 Å². The minimum Gasteiger partial charge on any atom is -0.492 e. The van der Waals surface area contributed by atoms with Gasteiger partial charge >= 0.3 is 5.97 Å². The van der Waals surface area contributed by atoms with Crippen molar-refractivity contribution in [3.8, 4) is 11.6 Å². The third-order valence-electron chi connectivity index (χ3n) is 16.2. The molecule has 1 unspecified atom stereocenters. The molecule has 65 heavy (non-hydrogen) atoms. The highest BCUT2D eigenvalue weighted by Crippen LogP contribution is 2.57. The van der Waals surface area contributed by atoms with E-state index in [2.05, 4.69) is 23.1 Å². The number of sulfonamides is 1. The van der Waals surface area contributed by atoms with Crippen molar-refractivity contribution in [3.63, 3.8) is 0 Å². The van der Waals surface area contributed by atoms with Crippen LogP contribution in [0.25, 0.3) is 10.9 Å². The van der Waals surface area contributed by atoms with Crippen molar-refractivity contribution >= 4 is 44.5 Å². The summed E-state index contributed by atoms with van der Waals surface area (Å²) in [4.78, 5) is 67.1. The highest BCUT2D eigenvalue weighted by atomic mass is 32.2. The lowest BCUT2D eigenvalue weighted by molar-refractivity contribution is -0.153. The van der Waals surface area contributed by atoms with Gasteiger partial charge in [0.2, 0.25) is 27.7 Å². The second-order valence-corrected chi connectivity index (χ2v) is 23.4. The molecule has 13 nitrogen and oxygen atoms in total. The summed E-state index contributed by atoms with van der Waals surface area (Å²) < 4.78 is 47.7. The van der Waals surface area contributed by atoms with Crippen LogP contribution in [0.3, 0.4) is 0 Å².